The smallest absolute Gasteiger partial charge is 0.229 e. The van der Waals surface area contributed by atoms with E-state index in [1.807, 2.05) is 25.4 Å². The summed E-state index contributed by atoms with van der Waals surface area (Å²) in [5.74, 6) is 0.587. The molecular weight excluding hydrogens is 457 g/mol. The number of likely N-dealkylation sites (N-methyl/N-ethyl adjacent to an activating group) is 1. The number of aryl methyl sites for hydroxylation is 1. The second kappa shape index (κ2) is 10.2. The Morgan fingerprint density at radius 1 is 1.00 bits per heavy atom. The number of fused-ring (bicyclic) bond motifs is 1. The van der Waals surface area contributed by atoms with Crippen LogP contribution in [0.5, 0.6) is 0 Å². The number of anilines is 2. The van der Waals surface area contributed by atoms with Crippen molar-refractivity contribution in [3.05, 3.63) is 53.9 Å². The molecule has 0 spiro atoms. The van der Waals surface area contributed by atoms with Gasteiger partial charge in [-0.1, -0.05) is 26.8 Å². The van der Waals surface area contributed by atoms with Crippen molar-refractivity contribution < 1.29 is 4.39 Å². The number of piperazine rings is 1. The molecule has 0 atom stereocenters. The second-order valence-corrected chi connectivity index (χ2v) is 9.54. The van der Waals surface area contributed by atoms with Crippen LogP contribution < -0.4 is 5.32 Å². The van der Waals surface area contributed by atoms with E-state index in [1.54, 1.807) is 10.9 Å². The van der Waals surface area contributed by atoms with E-state index in [2.05, 4.69) is 67.0 Å². The summed E-state index contributed by atoms with van der Waals surface area (Å²) in [4.78, 5) is 22.5. The van der Waals surface area contributed by atoms with Crippen LogP contribution in [0.3, 0.4) is 0 Å². The van der Waals surface area contributed by atoms with E-state index < -0.39 is 5.82 Å². The second-order valence-electron chi connectivity index (χ2n) is 9.54. The van der Waals surface area contributed by atoms with Gasteiger partial charge in [-0.2, -0.15) is 5.10 Å². The first kappa shape index (κ1) is 24.2. The molecule has 1 aliphatic rings. The van der Waals surface area contributed by atoms with Crippen molar-refractivity contribution >= 4 is 22.8 Å². The average molecular weight is 490 g/mol. The average Bonchev–Trinajstić information content (AvgIpc) is 3.23. The van der Waals surface area contributed by atoms with Crippen LogP contribution in [-0.4, -0.2) is 72.2 Å². The molecule has 0 saturated carbocycles. The van der Waals surface area contributed by atoms with Gasteiger partial charge in [-0.15, -0.1) is 0 Å². The van der Waals surface area contributed by atoms with Crippen molar-refractivity contribution in [1.82, 2.24) is 39.5 Å². The fourth-order valence-electron chi connectivity index (χ4n) is 4.58. The number of pyridine rings is 2. The maximum absolute atomic E-state index is 14.8. The lowest BCUT2D eigenvalue weighted by Crippen LogP contribution is -2.45. The highest BCUT2D eigenvalue weighted by atomic mass is 19.1. The molecule has 9 nitrogen and oxygen atoms in total. The van der Waals surface area contributed by atoms with E-state index in [1.165, 1.54) is 6.20 Å². The summed E-state index contributed by atoms with van der Waals surface area (Å²) in [5.41, 5.74) is 3.59. The standard InChI is InChI=1S/C26H32FN9/c1-5-35-8-10-36(11-9-35)16-18-6-7-22(28-13-18)31-26-30-15-21(27)24(32-26)19-12-20-23(17(2)3)33-34(4)25(20)29-14-19/h6-7,12-15,17H,5,8-11,16H2,1-4H3,(H,28,30,31,32). The van der Waals surface area contributed by atoms with Crippen LogP contribution in [0.15, 0.2) is 36.8 Å². The lowest BCUT2D eigenvalue weighted by Gasteiger charge is -2.33. The Morgan fingerprint density at radius 2 is 1.78 bits per heavy atom. The molecule has 1 saturated heterocycles. The van der Waals surface area contributed by atoms with E-state index in [-0.39, 0.29) is 17.6 Å². The van der Waals surface area contributed by atoms with Gasteiger partial charge >= 0.3 is 0 Å². The first-order valence-corrected chi connectivity index (χ1v) is 12.4. The highest BCUT2D eigenvalue weighted by molar-refractivity contribution is 5.83. The Labute approximate surface area is 210 Å². The third-order valence-corrected chi connectivity index (χ3v) is 6.65. The molecule has 10 heteroatoms. The third-order valence-electron chi connectivity index (χ3n) is 6.65. The molecule has 1 fully saturated rings. The summed E-state index contributed by atoms with van der Waals surface area (Å²) in [6, 6.07) is 5.86. The quantitative estimate of drug-likeness (QED) is 0.417. The largest absolute Gasteiger partial charge is 0.309 e. The molecule has 0 amide bonds. The van der Waals surface area contributed by atoms with Gasteiger partial charge in [-0.25, -0.2) is 24.3 Å². The van der Waals surface area contributed by atoms with Crippen molar-refractivity contribution in [3.63, 3.8) is 0 Å². The number of nitrogens with one attached hydrogen (secondary N) is 1. The predicted molar refractivity (Wildman–Crippen MR) is 138 cm³/mol. The Balaban J connectivity index is 1.32. The highest BCUT2D eigenvalue weighted by Crippen LogP contribution is 2.29. The van der Waals surface area contributed by atoms with Gasteiger partial charge in [0.15, 0.2) is 11.5 Å². The molecule has 5 heterocycles. The number of nitrogens with zero attached hydrogens (tertiary/aromatic N) is 8. The molecule has 0 radical (unpaired) electrons. The lowest BCUT2D eigenvalue weighted by molar-refractivity contribution is 0.132. The van der Waals surface area contributed by atoms with Gasteiger partial charge < -0.3 is 10.2 Å². The zero-order chi connectivity index (χ0) is 25.2. The molecule has 4 aromatic heterocycles. The number of halogens is 1. The van der Waals surface area contributed by atoms with Gasteiger partial charge in [0.25, 0.3) is 0 Å². The zero-order valence-electron chi connectivity index (χ0n) is 21.2. The minimum atomic E-state index is -0.511. The minimum Gasteiger partial charge on any atom is -0.309 e. The number of rotatable bonds is 7. The maximum Gasteiger partial charge on any atom is 0.229 e. The van der Waals surface area contributed by atoms with Crippen LogP contribution in [0.2, 0.25) is 0 Å². The van der Waals surface area contributed by atoms with Crippen molar-refractivity contribution in [2.24, 2.45) is 7.05 Å². The van der Waals surface area contributed by atoms with Crippen LogP contribution in [0.25, 0.3) is 22.3 Å². The topological polar surface area (TPSA) is 87.9 Å². The van der Waals surface area contributed by atoms with Crippen LogP contribution in [0, 0.1) is 5.82 Å². The number of hydrogen-bond donors (Lipinski definition) is 1. The highest BCUT2D eigenvalue weighted by Gasteiger charge is 2.18. The molecule has 1 N–H and O–H groups in total. The van der Waals surface area contributed by atoms with Crippen LogP contribution in [0.1, 0.15) is 37.9 Å². The van der Waals surface area contributed by atoms with Crippen molar-refractivity contribution in [3.8, 4) is 11.3 Å². The van der Waals surface area contributed by atoms with Crippen LogP contribution >= 0.6 is 0 Å². The summed E-state index contributed by atoms with van der Waals surface area (Å²) < 4.78 is 16.5. The van der Waals surface area contributed by atoms with Crippen LogP contribution in [-0.2, 0) is 13.6 Å². The fraction of sp³-hybridized carbons (Fsp3) is 0.423. The molecule has 188 valence electrons. The molecule has 36 heavy (non-hydrogen) atoms. The molecular formula is C26H32FN9. The molecule has 0 aliphatic carbocycles. The lowest BCUT2D eigenvalue weighted by atomic mass is 10.1. The molecule has 0 bridgehead atoms. The minimum absolute atomic E-state index is 0.184. The summed E-state index contributed by atoms with van der Waals surface area (Å²) in [6.45, 7) is 12.7. The van der Waals surface area contributed by atoms with Crippen molar-refractivity contribution in [2.45, 2.75) is 33.2 Å². The van der Waals surface area contributed by atoms with Gasteiger partial charge in [0, 0.05) is 63.1 Å². The van der Waals surface area contributed by atoms with E-state index in [0.717, 1.165) is 61.6 Å². The van der Waals surface area contributed by atoms with E-state index >= 15 is 0 Å². The van der Waals surface area contributed by atoms with Crippen LogP contribution in [0.4, 0.5) is 16.2 Å². The Kier molecular flexibility index (Phi) is 6.88. The summed E-state index contributed by atoms with van der Waals surface area (Å²) >= 11 is 0. The third kappa shape index (κ3) is 5.05. The van der Waals surface area contributed by atoms with Gasteiger partial charge in [-0.3, -0.25) is 9.58 Å². The molecule has 5 rings (SSSR count). The molecule has 0 aromatic carbocycles. The normalized spacial score (nSPS) is 15.2. The summed E-state index contributed by atoms with van der Waals surface area (Å²) in [6.07, 6.45) is 4.66. The van der Waals surface area contributed by atoms with Gasteiger partial charge in [-0.05, 0) is 30.2 Å². The molecule has 0 unspecified atom stereocenters. The van der Waals surface area contributed by atoms with E-state index in [4.69, 9.17) is 0 Å². The summed E-state index contributed by atoms with van der Waals surface area (Å²) in [7, 11) is 1.86. The van der Waals surface area contributed by atoms with Crippen molar-refractivity contribution in [2.75, 3.05) is 38.0 Å². The number of hydrogen-bond acceptors (Lipinski definition) is 8. The summed E-state index contributed by atoms with van der Waals surface area (Å²) in [5, 5.41) is 8.57. The SMILES string of the molecule is CCN1CCN(Cc2ccc(Nc3ncc(F)c(-c4cnc5c(c4)c(C(C)C)nn5C)n3)nc2)CC1. The Hall–Kier alpha value is -3.50. The fourth-order valence-corrected chi connectivity index (χ4v) is 4.58. The van der Waals surface area contributed by atoms with Gasteiger partial charge in [0.05, 0.1) is 11.9 Å². The van der Waals surface area contributed by atoms with E-state index in [9.17, 15) is 4.39 Å². The van der Waals surface area contributed by atoms with Gasteiger partial charge in [0.1, 0.15) is 11.5 Å². The first-order valence-electron chi connectivity index (χ1n) is 12.4. The van der Waals surface area contributed by atoms with Gasteiger partial charge in [0.2, 0.25) is 5.95 Å². The predicted octanol–water partition coefficient (Wildman–Crippen LogP) is 3.96. The maximum atomic E-state index is 14.8. The molecule has 1 aliphatic heterocycles. The van der Waals surface area contributed by atoms with E-state index in [0.29, 0.717) is 11.4 Å². The molecule has 4 aromatic rings. The van der Waals surface area contributed by atoms with Crippen molar-refractivity contribution in [1.29, 1.82) is 0 Å². The number of aromatic nitrogens is 6. The first-order chi connectivity index (χ1) is 17.4. The Morgan fingerprint density at radius 3 is 2.47 bits per heavy atom. The zero-order valence-corrected chi connectivity index (χ0v) is 21.2. The Bertz CT molecular complexity index is 1340. The monoisotopic (exact) mass is 489 g/mol.